The Balaban J connectivity index is 1.83. The molecule has 0 bridgehead atoms. The molecule has 0 fully saturated rings. The van der Waals surface area contributed by atoms with Crippen molar-refractivity contribution in [3.63, 3.8) is 0 Å². The van der Waals surface area contributed by atoms with Gasteiger partial charge in [0.15, 0.2) is 5.06 Å². The van der Waals surface area contributed by atoms with Crippen LogP contribution in [0.5, 0.6) is 10.8 Å². The van der Waals surface area contributed by atoms with Crippen LogP contribution in [0.1, 0.15) is 33.4 Å². The van der Waals surface area contributed by atoms with Gasteiger partial charge >= 0.3 is 5.97 Å². The Morgan fingerprint density at radius 2 is 2.19 bits per heavy atom. The Bertz CT molecular complexity index is 996. The number of hydrogen-bond donors (Lipinski definition) is 0. The Morgan fingerprint density at radius 1 is 1.35 bits per heavy atom. The molecule has 1 aliphatic carbocycles. The number of fused-ring (bicyclic) bond motifs is 3. The summed E-state index contributed by atoms with van der Waals surface area (Å²) in [5, 5.41) is 0.695. The van der Waals surface area contributed by atoms with Gasteiger partial charge in [0.05, 0.1) is 22.7 Å². The normalized spacial score (nSPS) is 12.4. The molecule has 0 saturated heterocycles. The maximum absolute atomic E-state index is 12.4. The zero-order valence-corrected chi connectivity index (χ0v) is 17.4. The highest BCUT2D eigenvalue weighted by atomic mass is 79.9. The van der Waals surface area contributed by atoms with E-state index in [1.54, 1.807) is 0 Å². The van der Waals surface area contributed by atoms with Crippen LogP contribution < -0.4 is 4.74 Å². The summed E-state index contributed by atoms with van der Waals surface area (Å²) in [5.41, 5.74) is 3.96. The SMILES string of the molecule is CCOC(=O)c1sc(Oc2ccc(Br)nc2C)c2c1CCc1cnsc1-2. The molecule has 0 atom stereocenters. The van der Waals surface area contributed by atoms with Crippen LogP contribution in [-0.4, -0.2) is 21.9 Å². The Hall–Kier alpha value is -1.77. The highest BCUT2D eigenvalue weighted by Gasteiger charge is 2.31. The van der Waals surface area contributed by atoms with Gasteiger partial charge in [0.2, 0.25) is 0 Å². The van der Waals surface area contributed by atoms with E-state index < -0.39 is 0 Å². The maximum atomic E-state index is 12.4. The monoisotopic (exact) mass is 450 g/mol. The quantitative estimate of drug-likeness (QED) is 0.392. The number of halogens is 1. The van der Waals surface area contributed by atoms with Crippen LogP contribution in [0.4, 0.5) is 0 Å². The molecule has 134 valence electrons. The molecule has 26 heavy (non-hydrogen) atoms. The molecule has 4 rings (SSSR count). The fourth-order valence-corrected chi connectivity index (χ4v) is 5.41. The maximum Gasteiger partial charge on any atom is 0.348 e. The van der Waals surface area contributed by atoms with E-state index in [9.17, 15) is 4.79 Å². The van der Waals surface area contributed by atoms with Crippen LogP contribution in [0.15, 0.2) is 22.9 Å². The second kappa shape index (κ2) is 7.09. The molecule has 0 spiro atoms. The number of aryl methyl sites for hydroxylation is 2. The zero-order chi connectivity index (χ0) is 18.3. The Morgan fingerprint density at radius 3 is 2.96 bits per heavy atom. The number of aromatic nitrogens is 2. The lowest BCUT2D eigenvalue weighted by Crippen LogP contribution is -2.08. The van der Waals surface area contributed by atoms with Crippen molar-refractivity contribution in [2.24, 2.45) is 0 Å². The van der Waals surface area contributed by atoms with Crippen LogP contribution in [0, 0.1) is 6.92 Å². The molecule has 3 heterocycles. The van der Waals surface area contributed by atoms with Crippen molar-refractivity contribution in [1.82, 2.24) is 9.36 Å². The molecule has 0 radical (unpaired) electrons. The standard InChI is InChI=1S/C18H15BrN2O3S2/c1-3-23-17(22)16-11-5-4-10-8-20-26-15(10)14(11)18(25-16)24-12-6-7-13(19)21-9(12)2/h6-8H,3-5H2,1-2H3. The van der Waals surface area contributed by atoms with Gasteiger partial charge in [-0.25, -0.2) is 14.2 Å². The highest BCUT2D eigenvalue weighted by Crippen LogP contribution is 2.50. The molecule has 3 aromatic rings. The number of carbonyl (C=O) groups excluding carboxylic acids is 1. The van der Waals surface area contributed by atoms with Gasteiger partial charge in [-0.3, -0.25) is 0 Å². The first-order chi connectivity index (χ1) is 12.6. The molecular weight excluding hydrogens is 436 g/mol. The van der Waals surface area contributed by atoms with Crippen LogP contribution in [0.25, 0.3) is 10.4 Å². The molecule has 0 aromatic carbocycles. The predicted octanol–water partition coefficient (Wildman–Crippen LogP) is 5.41. The fraction of sp³-hybridized carbons (Fsp3) is 0.278. The molecule has 3 aromatic heterocycles. The van der Waals surface area contributed by atoms with E-state index >= 15 is 0 Å². The van der Waals surface area contributed by atoms with E-state index in [-0.39, 0.29) is 5.97 Å². The zero-order valence-electron chi connectivity index (χ0n) is 14.2. The number of rotatable bonds is 4. The number of nitrogens with zero attached hydrogens (tertiary/aromatic N) is 2. The summed E-state index contributed by atoms with van der Waals surface area (Å²) in [4.78, 5) is 18.5. The molecule has 8 heteroatoms. The number of thiophene rings is 1. The van der Waals surface area contributed by atoms with Crippen LogP contribution in [0.2, 0.25) is 0 Å². The lowest BCUT2D eigenvalue weighted by molar-refractivity contribution is 0.0531. The highest BCUT2D eigenvalue weighted by molar-refractivity contribution is 9.10. The first kappa shape index (κ1) is 17.6. The predicted molar refractivity (Wildman–Crippen MR) is 106 cm³/mol. The first-order valence-electron chi connectivity index (χ1n) is 8.16. The van der Waals surface area contributed by atoms with Gasteiger partial charge in [-0.1, -0.05) is 11.3 Å². The molecule has 0 aliphatic heterocycles. The fourth-order valence-electron chi connectivity index (χ4n) is 2.97. The van der Waals surface area contributed by atoms with Crippen LogP contribution in [-0.2, 0) is 17.6 Å². The van der Waals surface area contributed by atoms with Crippen molar-refractivity contribution in [3.8, 4) is 21.3 Å². The van der Waals surface area contributed by atoms with Gasteiger partial charge in [0.25, 0.3) is 0 Å². The summed E-state index contributed by atoms with van der Waals surface area (Å²) < 4.78 is 16.5. The smallest absolute Gasteiger partial charge is 0.348 e. The average molecular weight is 451 g/mol. The second-order valence-corrected chi connectivity index (χ2v) is 8.39. The Kier molecular flexibility index (Phi) is 4.81. The van der Waals surface area contributed by atoms with E-state index in [0.29, 0.717) is 22.3 Å². The summed E-state index contributed by atoms with van der Waals surface area (Å²) in [6, 6.07) is 3.71. The average Bonchev–Trinajstić information content (AvgIpc) is 3.21. The molecule has 0 amide bonds. The number of pyridine rings is 1. The van der Waals surface area contributed by atoms with Crippen molar-refractivity contribution >= 4 is 44.8 Å². The van der Waals surface area contributed by atoms with E-state index in [4.69, 9.17) is 9.47 Å². The molecular formula is C18H15BrN2O3S2. The third-order valence-electron chi connectivity index (χ3n) is 4.16. The minimum Gasteiger partial charge on any atom is -0.462 e. The first-order valence-corrected chi connectivity index (χ1v) is 10.5. The van der Waals surface area contributed by atoms with Crippen molar-refractivity contribution in [1.29, 1.82) is 0 Å². The van der Waals surface area contributed by atoms with Gasteiger partial charge < -0.3 is 9.47 Å². The van der Waals surface area contributed by atoms with Gasteiger partial charge in [0, 0.05) is 6.20 Å². The van der Waals surface area contributed by atoms with Crippen molar-refractivity contribution in [2.45, 2.75) is 26.7 Å². The molecule has 1 aliphatic rings. The topological polar surface area (TPSA) is 61.3 Å². The molecule has 0 N–H and O–H groups in total. The third kappa shape index (κ3) is 3.06. The van der Waals surface area contributed by atoms with Crippen molar-refractivity contribution < 1.29 is 14.3 Å². The largest absolute Gasteiger partial charge is 0.462 e. The van der Waals surface area contributed by atoms with Gasteiger partial charge in [-0.05, 0) is 77.4 Å². The van der Waals surface area contributed by atoms with Gasteiger partial charge in [0.1, 0.15) is 15.2 Å². The van der Waals surface area contributed by atoms with E-state index in [1.807, 2.05) is 32.2 Å². The second-order valence-electron chi connectivity index (χ2n) is 5.79. The lowest BCUT2D eigenvalue weighted by Gasteiger charge is -2.14. The van der Waals surface area contributed by atoms with E-state index in [0.717, 1.165) is 39.1 Å². The lowest BCUT2D eigenvalue weighted by atomic mass is 9.93. The minimum absolute atomic E-state index is 0.290. The molecule has 0 unspecified atom stereocenters. The number of hydrogen-bond acceptors (Lipinski definition) is 7. The number of ether oxygens (including phenoxy) is 2. The number of carbonyl (C=O) groups is 1. The summed E-state index contributed by atoms with van der Waals surface area (Å²) in [7, 11) is 0. The van der Waals surface area contributed by atoms with Gasteiger partial charge in [-0.2, -0.15) is 0 Å². The summed E-state index contributed by atoms with van der Waals surface area (Å²) in [6.07, 6.45) is 3.56. The van der Waals surface area contributed by atoms with Gasteiger partial charge in [-0.15, -0.1) is 0 Å². The molecule has 0 saturated carbocycles. The number of esters is 1. The summed E-state index contributed by atoms with van der Waals surface area (Å²) in [5.74, 6) is 0.381. The molecule has 5 nitrogen and oxygen atoms in total. The van der Waals surface area contributed by atoms with Crippen molar-refractivity contribution in [2.75, 3.05) is 6.61 Å². The van der Waals surface area contributed by atoms with E-state index in [1.165, 1.54) is 28.4 Å². The van der Waals surface area contributed by atoms with Crippen LogP contribution in [0.3, 0.4) is 0 Å². The minimum atomic E-state index is -0.290. The Labute approximate surface area is 167 Å². The summed E-state index contributed by atoms with van der Waals surface area (Å²) >= 11 is 6.15. The third-order valence-corrected chi connectivity index (χ3v) is 6.55. The van der Waals surface area contributed by atoms with E-state index in [2.05, 4.69) is 25.3 Å². The van der Waals surface area contributed by atoms with Crippen LogP contribution >= 0.6 is 38.8 Å². The van der Waals surface area contributed by atoms with Crippen molar-refractivity contribution in [3.05, 3.63) is 44.6 Å². The summed E-state index contributed by atoms with van der Waals surface area (Å²) in [6.45, 7) is 4.06.